The first-order chi connectivity index (χ1) is 9.38. The minimum Gasteiger partial charge on any atom is -0.493 e. The van der Waals surface area contributed by atoms with Gasteiger partial charge in [-0.1, -0.05) is 30.3 Å². The maximum Gasteiger partial charge on any atom is 0.161 e. The van der Waals surface area contributed by atoms with E-state index in [1.807, 2.05) is 24.3 Å². The Morgan fingerprint density at radius 2 is 1.68 bits per heavy atom. The summed E-state index contributed by atoms with van der Waals surface area (Å²) in [5.74, 6) is 1.54. The zero-order valence-corrected chi connectivity index (χ0v) is 11.4. The van der Waals surface area contributed by atoms with Gasteiger partial charge in [0.15, 0.2) is 11.5 Å². The van der Waals surface area contributed by atoms with Crippen LogP contribution in [0.25, 0.3) is 10.1 Å². The zero-order chi connectivity index (χ0) is 13.1. The zero-order valence-electron chi connectivity index (χ0n) is 10.6. The van der Waals surface area contributed by atoms with Gasteiger partial charge in [0, 0.05) is 10.3 Å². The Kier molecular flexibility index (Phi) is 3.38. The topological polar surface area (TPSA) is 18.5 Å². The number of benzene rings is 2. The second-order valence-corrected chi connectivity index (χ2v) is 5.11. The molecule has 0 radical (unpaired) electrons. The van der Waals surface area contributed by atoms with Crippen molar-refractivity contribution < 1.29 is 9.47 Å². The number of ether oxygens (including phenoxy) is 2. The van der Waals surface area contributed by atoms with Crippen molar-refractivity contribution in [3.63, 3.8) is 0 Å². The van der Waals surface area contributed by atoms with Crippen LogP contribution in [0.2, 0.25) is 0 Å². The van der Waals surface area contributed by atoms with E-state index in [0.29, 0.717) is 6.61 Å². The van der Waals surface area contributed by atoms with Gasteiger partial charge in [0.1, 0.15) is 6.61 Å². The lowest BCUT2D eigenvalue weighted by Crippen LogP contribution is -1.96. The van der Waals surface area contributed by atoms with E-state index in [0.717, 1.165) is 11.5 Å². The summed E-state index contributed by atoms with van der Waals surface area (Å²) in [7, 11) is 1.65. The van der Waals surface area contributed by atoms with Gasteiger partial charge < -0.3 is 9.47 Å². The van der Waals surface area contributed by atoms with E-state index in [1.165, 1.54) is 15.6 Å². The van der Waals surface area contributed by atoms with Gasteiger partial charge in [0.05, 0.1) is 7.11 Å². The number of fused-ring (bicyclic) bond motifs is 1. The molecule has 0 amide bonds. The third-order valence-electron chi connectivity index (χ3n) is 3.01. The highest BCUT2D eigenvalue weighted by Crippen LogP contribution is 2.30. The smallest absolute Gasteiger partial charge is 0.161 e. The molecule has 3 heteroatoms. The Balaban J connectivity index is 1.82. The highest BCUT2D eigenvalue weighted by atomic mass is 32.1. The minimum absolute atomic E-state index is 0.560. The maximum absolute atomic E-state index is 5.86. The third kappa shape index (κ3) is 2.42. The van der Waals surface area contributed by atoms with Gasteiger partial charge in [-0.05, 0) is 29.0 Å². The number of methoxy groups -OCH3 is 1. The highest BCUT2D eigenvalue weighted by Gasteiger charge is 2.06. The molecule has 3 rings (SSSR count). The molecule has 0 N–H and O–H groups in total. The van der Waals surface area contributed by atoms with Gasteiger partial charge in [0.25, 0.3) is 0 Å². The molecule has 2 aromatic carbocycles. The SMILES string of the molecule is COc1ccccc1OCc1csc2ccccc12. The summed E-state index contributed by atoms with van der Waals surface area (Å²) in [6.07, 6.45) is 0. The molecule has 0 saturated heterocycles. The normalized spacial score (nSPS) is 10.6. The number of hydrogen-bond donors (Lipinski definition) is 0. The molecular formula is C16H14O2S. The fourth-order valence-electron chi connectivity index (χ4n) is 2.04. The molecule has 3 aromatic rings. The predicted molar refractivity (Wildman–Crippen MR) is 79.2 cm³/mol. The standard InChI is InChI=1S/C16H14O2S/c1-17-14-7-3-4-8-15(14)18-10-12-11-19-16-9-5-2-6-13(12)16/h2-9,11H,10H2,1H3. The van der Waals surface area contributed by atoms with Crippen LogP contribution in [0.1, 0.15) is 5.56 Å². The summed E-state index contributed by atoms with van der Waals surface area (Å²) in [6.45, 7) is 0.560. The highest BCUT2D eigenvalue weighted by molar-refractivity contribution is 7.17. The van der Waals surface area contributed by atoms with Crippen molar-refractivity contribution >= 4 is 21.4 Å². The lowest BCUT2D eigenvalue weighted by atomic mass is 10.2. The lowest BCUT2D eigenvalue weighted by Gasteiger charge is -2.09. The first-order valence-corrected chi connectivity index (χ1v) is 6.97. The van der Waals surface area contributed by atoms with Crippen LogP contribution >= 0.6 is 11.3 Å². The first-order valence-electron chi connectivity index (χ1n) is 6.09. The van der Waals surface area contributed by atoms with Gasteiger partial charge in [0.2, 0.25) is 0 Å². The summed E-state index contributed by atoms with van der Waals surface area (Å²) < 4.78 is 12.4. The summed E-state index contributed by atoms with van der Waals surface area (Å²) in [6, 6.07) is 16.1. The Hall–Kier alpha value is -2.00. The van der Waals surface area contributed by atoms with Gasteiger partial charge in [-0.15, -0.1) is 11.3 Å². The number of thiophene rings is 1. The average Bonchev–Trinajstić information content (AvgIpc) is 2.89. The van der Waals surface area contributed by atoms with E-state index in [2.05, 4.69) is 29.6 Å². The fraction of sp³-hybridized carbons (Fsp3) is 0.125. The fourth-order valence-corrected chi connectivity index (χ4v) is 2.99. The summed E-state index contributed by atoms with van der Waals surface area (Å²) in [5.41, 5.74) is 1.21. The van der Waals surface area contributed by atoms with Crippen LogP contribution in [0.5, 0.6) is 11.5 Å². The van der Waals surface area contributed by atoms with Crippen LogP contribution < -0.4 is 9.47 Å². The summed E-state index contributed by atoms with van der Waals surface area (Å²) in [5, 5.41) is 3.42. The van der Waals surface area contributed by atoms with Gasteiger partial charge in [-0.25, -0.2) is 0 Å². The average molecular weight is 270 g/mol. The quantitative estimate of drug-likeness (QED) is 0.695. The molecule has 0 aliphatic rings. The molecule has 0 fully saturated rings. The van der Waals surface area contributed by atoms with E-state index in [1.54, 1.807) is 18.4 Å². The molecule has 0 aliphatic heterocycles. The molecule has 96 valence electrons. The minimum atomic E-state index is 0.560. The van der Waals surface area contributed by atoms with Crippen LogP contribution in [-0.4, -0.2) is 7.11 Å². The molecule has 0 atom stereocenters. The Bertz CT molecular complexity index is 688. The van der Waals surface area contributed by atoms with Crippen LogP contribution in [0.4, 0.5) is 0 Å². The maximum atomic E-state index is 5.86. The predicted octanol–water partition coefficient (Wildman–Crippen LogP) is 4.49. The van der Waals surface area contributed by atoms with Crippen LogP contribution in [-0.2, 0) is 6.61 Å². The van der Waals surface area contributed by atoms with Crippen molar-refractivity contribution in [2.24, 2.45) is 0 Å². The lowest BCUT2D eigenvalue weighted by molar-refractivity contribution is 0.286. The Morgan fingerprint density at radius 3 is 2.53 bits per heavy atom. The summed E-state index contributed by atoms with van der Waals surface area (Å²) >= 11 is 1.75. The molecule has 1 heterocycles. The van der Waals surface area contributed by atoms with Crippen molar-refractivity contribution in [2.45, 2.75) is 6.61 Å². The largest absolute Gasteiger partial charge is 0.493 e. The van der Waals surface area contributed by atoms with Crippen LogP contribution in [0, 0.1) is 0 Å². The Morgan fingerprint density at radius 1 is 0.947 bits per heavy atom. The molecule has 0 bridgehead atoms. The van der Waals surface area contributed by atoms with Crippen molar-refractivity contribution in [3.8, 4) is 11.5 Å². The monoisotopic (exact) mass is 270 g/mol. The molecule has 1 aromatic heterocycles. The van der Waals surface area contributed by atoms with E-state index in [4.69, 9.17) is 9.47 Å². The van der Waals surface area contributed by atoms with Crippen LogP contribution in [0.15, 0.2) is 53.9 Å². The molecule has 0 saturated carbocycles. The second kappa shape index (κ2) is 5.33. The summed E-state index contributed by atoms with van der Waals surface area (Å²) in [4.78, 5) is 0. The molecule has 0 unspecified atom stereocenters. The molecule has 2 nitrogen and oxygen atoms in total. The number of hydrogen-bond acceptors (Lipinski definition) is 3. The van der Waals surface area contributed by atoms with E-state index in [-0.39, 0.29) is 0 Å². The van der Waals surface area contributed by atoms with Gasteiger partial charge in [-0.2, -0.15) is 0 Å². The first kappa shape index (κ1) is 12.1. The number of rotatable bonds is 4. The van der Waals surface area contributed by atoms with E-state index in [9.17, 15) is 0 Å². The molecule has 0 spiro atoms. The van der Waals surface area contributed by atoms with Gasteiger partial charge >= 0.3 is 0 Å². The van der Waals surface area contributed by atoms with Crippen molar-refractivity contribution in [2.75, 3.05) is 7.11 Å². The number of para-hydroxylation sites is 2. The van der Waals surface area contributed by atoms with Gasteiger partial charge in [-0.3, -0.25) is 0 Å². The Labute approximate surface area is 116 Å². The van der Waals surface area contributed by atoms with Crippen molar-refractivity contribution in [1.29, 1.82) is 0 Å². The van der Waals surface area contributed by atoms with Crippen LogP contribution in [0.3, 0.4) is 0 Å². The van der Waals surface area contributed by atoms with Crippen molar-refractivity contribution in [3.05, 3.63) is 59.5 Å². The van der Waals surface area contributed by atoms with E-state index < -0.39 is 0 Å². The molecule has 0 aliphatic carbocycles. The second-order valence-electron chi connectivity index (χ2n) is 4.20. The third-order valence-corrected chi connectivity index (χ3v) is 4.03. The van der Waals surface area contributed by atoms with Crippen molar-refractivity contribution in [1.82, 2.24) is 0 Å². The van der Waals surface area contributed by atoms with E-state index >= 15 is 0 Å². The molecule has 19 heavy (non-hydrogen) atoms. The molecular weight excluding hydrogens is 256 g/mol.